The molecule has 2 amide bonds. The molecule has 0 aromatic carbocycles. The standard InChI is InChI=1S/C13H27N3O2/c1-16(2)13(18)15-8-7-14-10-12(17)9-11-5-3-4-6-11/h11-12,14,17H,3-10H2,1-2H3,(H,15,18). The van der Waals surface area contributed by atoms with E-state index in [2.05, 4.69) is 10.6 Å². The molecule has 0 aromatic rings. The highest BCUT2D eigenvalue weighted by Crippen LogP contribution is 2.28. The van der Waals surface area contributed by atoms with Gasteiger partial charge in [-0.25, -0.2) is 4.79 Å². The van der Waals surface area contributed by atoms with Gasteiger partial charge in [-0.05, 0) is 12.3 Å². The summed E-state index contributed by atoms with van der Waals surface area (Å²) in [5.74, 6) is 0.718. The molecule has 0 saturated heterocycles. The van der Waals surface area contributed by atoms with Crippen LogP contribution >= 0.6 is 0 Å². The summed E-state index contributed by atoms with van der Waals surface area (Å²) in [5.41, 5.74) is 0. The van der Waals surface area contributed by atoms with Crippen LogP contribution in [0.4, 0.5) is 4.79 Å². The van der Waals surface area contributed by atoms with Crippen LogP contribution in [-0.2, 0) is 0 Å². The van der Waals surface area contributed by atoms with Crippen molar-refractivity contribution in [3.8, 4) is 0 Å². The fourth-order valence-corrected chi connectivity index (χ4v) is 2.40. The van der Waals surface area contributed by atoms with Gasteiger partial charge in [0.15, 0.2) is 0 Å². The van der Waals surface area contributed by atoms with Crippen LogP contribution in [0.5, 0.6) is 0 Å². The Labute approximate surface area is 110 Å². The van der Waals surface area contributed by atoms with Gasteiger partial charge in [-0.15, -0.1) is 0 Å². The number of hydrogen-bond acceptors (Lipinski definition) is 3. The van der Waals surface area contributed by atoms with Crippen LogP contribution in [0.3, 0.4) is 0 Å². The minimum atomic E-state index is -0.252. The molecule has 1 unspecified atom stereocenters. The average Bonchev–Trinajstić information content (AvgIpc) is 2.80. The summed E-state index contributed by atoms with van der Waals surface area (Å²) >= 11 is 0. The van der Waals surface area contributed by atoms with E-state index >= 15 is 0 Å². The number of carbonyl (C=O) groups is 1. The fourth-order valence-electron chi connectivity index (χ4n) is 2.40. The molecule has 1 aliphatic rings. The number of urea groups is 1. The Hall–Kier alpha value is -0.810. The number of carbonyl (C=O) groups excluding carboxylic acids is 1. The number of amides is 2. The van der Waals surface area contributed by atoms with Gasteiger partial charge in [0, 0.05) is 33.7 Å². The van der Waals surface area contributed by atoms with E-state index in [0.717, 1.165) is 12.3 Å². The number of rotatable bonds is 7. The molecule has 3 N–H and O–H groups in total. The van der Waals surface area contributed by atoms with E-state index in [0.29, 0.717) is 19.6 Å². The minimum absolute atomic E-state index is 0.0803. The lowest BCUT2D eigenvalue weighted by Crippen LogP contribution is -2.39. The van der Waals surface area contributed by atoms with Crippen molar-refractivity contribution in [3.63, 3.8) is 0 Å². The molecule has 5 nitrogen and oxygen atoms in total. The van der Waals surface area contributed by atoms with E-state index in [-0.39, 0.29) is 12.1 Å². The molecule has 0 aromatic heterocycles. The topological polar surface area (TPSA) is 64.6 Å². The minimum Gasteiger partial charge on any atom is -0.392 e. The second-order valence-corrected chi connectivity index (χ2v) is 5.37. The first-order valence-corrected chi connectivity index (χ1v) is 6.93. The Balaban J connectivity index is 1.95. The Bertz CT molecular complexity index is 240. The first-order valence-electron chi connectivity index (χ1n) is 6.93. The maximum Gasteiger partial charge on any atom is 0.316 e. The lowest BCUT2D eigenvalue weighted by molar-refractivity contribution is 0.141. The molecule has 0 spiro atoms. The van der Waals surface area contributed by atoms with E-state index in [4.69, 9.17) is 0 Å². The largest absolute Gasteiger partial charge is 0.392 e. The molecule has 0 heterocycles. The smallest absolute Gasteiger partial charge is 0.316 e. The second-order valence-electron chi connectivity index (χ2n) is 5.37. The second kappa shape index (κ2) is 8.32. The van der Waals surface area contributed by atoms with E-state index in [1.54, 1.807) is 14.1 Å². The molecule has 18 heavy (non-hydrogen) atoms. The SMILES string of the molecule is CN(C)C(=O)NCCNCC(O)CC1CCCC1. The van der Waals surface area contributed by atoms with Gasteiger partial charge in [0.1, 0.15) is 0 Å². The summed E-state index contributed by atoms with van der Waals surface area (Å²) in [6, 6.07) is -0.0803. The van der Waals surface area contributed by atoms with Gasteiger partial charge < -0.3 is 20.6 Å². The third-order valence-corrected chi connectivity index (χ3v) is 3.44. The van der Waals surface area contributed by atoms with Crippen LogP contribution in [0.1, 0.15) is 32.1 Å². The van der Waals surface area contributed by atoms with Crippen LogP contribution < -0.4 is 10.6 Å². The highest BCUT2D eigenvalue weighted by atomic mass is 16.3. The lowest BCUT2D eigenvalue weighted by atomic mass is 10.0. The van der Waals surface area contributed by atoms with E-state index in [1.807, 2.05) is 0 Å². The number of hydrogen-bond donors (Lipinski definition) is 3. The number of nitrogens with one attached hydrogen (secondary N) is 2. The summed E-state index contributed by atoms with van der Waals surface area (Å²) in [5, 5.41) is 15.8. The molecule has 1 fully saturated rings. The van der Waals surface area contributed by atoms with Gasteiger partial charge in [0.2, 0.25) is 0 Å². The predicted octanol–water partition coefficient (Wildman–Crippen LogP) is 0.788. The van der Waals surface area contributed by atoms with E-state index < -0.39 is 0 Å². The van der Waals surface area contributed by atoms with Gasteiger partial charge in [0.05, 0.1) is 6.10 Å². The Morgan fingerprint density at radius 1 is 1.33 bits per heavy atom. The summed E-state index contributed by atoms with van der Waals surface area (Å²) in [6.07, 6.45) is 5.85. The molecule has 1 atom stereocenters. The number of aliphatic hydroxyl groups is 1. The maximum atomic E-state index is 11.2. The molecule has 0 aliphatic heterocycles. The zero-order valence-electron chi connectivity index (χ0n) is 11.6. The first kappa shape index (κ1) is 15.2. The van der Waals surface area contributed by atoms with Gasteiger partial charge >= 0.3 is 6.03 Å². The zero-order valence-corrected chi connectivity index (χ0v) is 11.6. The van der Waals surface area contributed by atoms with Crippen molar-refractivity contribution in [2.75, 3.05) is 33.7 Å². The number of nitrogens with zero attached hydrogens (tertiary/aromatic N) is 1. The number of aliphatic hydroxyl groups excluding tert-OH is 1. The molecular weight excluding hydrogens is 230 g/mol. The summed E-state index contributed by atoms with van der Waals surface area (Å²) in [6.45, 7) is 1.91. The van der Waals surface area contributed by atoms with Crippen LogP contribution in [0, 0.1) is 5.92 Å². The third kappa shape index (κ3) is 6.21. The molecule has 1 aliphatic carbocycles. The highest BCUT2D eigenvalue weighted by Gasteiger charge is 2.18. The van der Waals surface area contributed by atoms with Crippen molar-refractivity contribution in [3.05, 3.63) is 0 Å². The summed E-state index contributed by atoms with van der Waals surface area (Å²) in [4.78, 5) is 12.7. The fraction of sp³-hybridized carbons (Fsp3) is 0.923. The predicted molar refractivity (Wildman–Crippen MR) is 72.5 cm³/mol. The molecule has 1 rings (SSSR count). The van der Waals surface area contributed by atoms with Crippen LogP contribution in [0.25, 0.3) is 0 Å². The van der Waals surface area contributed by atoms with Crippen molar-refractivity contribution in [1.82, 2.24) is 15.5 Å². The van der Waals surface area contributed by atoms with Gasteiger partial charge in [-0.1, -0.05) is 25.7 Å². The van der Waals surface area contributed by atoms with Crippen molar-refractivity contribution in [1.29, 1.82) is 0 Å². The average molecular weight is 257 g/mol. The van der Waals surface area contributed by atoms with E-state index in [1.165, 1.54) is 30.6 Å². The van der Waals surface area contributed by atoms with Gasteiger partial charge in [-0.3, -0.25) is 0 Å². The quantitative estimate of drug-likeness (QED) is 0.591. The normalized spacial score (nSPS) is 17.7. The van der Waals surface area contributed by atoms with E-state index in [9.17, 15) is 9.90 Å². The Morgan fingerprint density at radius 2 is 2.00 bits per heavy atom. The Kier molecular flexibility index (Phi) is 7.05. The van der Waals surface area contributed by atoms with Crippen molar-refractivity contribution < 1.29 is 9.90 Å². The monoisotopic (exact) mass is 257 g/mol. The lowest BCUT2D eigenvalue weighted by Gasteiger charge is -2.16. The van der Waals surface area contributed by atoms with Crippen LogP contribution in [0.15, 0.2) is 0 Å². The highest BCUT2D eigenvalue weighted by molar-refractivity contribution is 5.73. The van der Waals surface area contributed by atoms with Crippen LogP contribution in [0.2, 0.25) is 0 Å². The Morgan fingerprint density at radius 3 is 2.61 bits per heavy atom. The maximum absolute atomic E-state index is 11.2. The van der Waals surface area contributed by atoms with Gasteiger partial charge in [0.25, 0.3) is 0 Å². The van der Waals surface area contributed by atoms with Crippen molar-refractivity contribution in [2.24, 2.45) is 5.92 Å². The van der Waals surface area contributed by atoms with Crippen LogP contribution in [-0.4, -0.2) is 55.9 Å². The molecule has 1 saturated carbocycles. The molecule has 0 bridgehead atoms. The molecule has 0 radical (unpaired) electrons. The van der Waals surface area contributed by atoms with Crippen molar-refractivity contribution in [2.45, 2.75) is 38.2 Å². The van der Waals surface area contributed by atoms with Gasteiger partial charge in [-0.2, -0.15) is 0 Å². The molecule has 106 valence electrons. The molecular formula is C13H27N3O2. The molecule has 5 heteroatoms. The summed E-state index contributed by atoms with van der Waals surface area (Å²) in [7, 11) is 3.43. The third-order valence-electron chi connectivity index (χ3n) is 3.44. The first-order chi connectivity index (χ1) is 8.59. The summed E-state index contributed by atoms with van der Waals surface area (Å²) < 4.78 is 0. The zero-order chi connectivity index (χ0) is 13.4. The van der Waals surface area contributed by atoms with Crippen molar-refractivity contribution >= 4 is 6.03 Å².